The van der Waals surface area contributed by atoms with Crippen LogP contribution in [0.5, 0.6) is 0 Å². The maximum atomic E-state index is 13.2. The lowest BCUT2D eigenvalue weighted by Crippen LogP contribution is -2.17. The van der Waals surface area contributed by atoms with Crippen molar-refractivity contribution in [2.45, 2.75) is 13.0 Å². The van der Waals surface area contributed by atoms with E-state index in [4.69, 9.17) is 11.6 Å². The lowest BCUT2D eigenvalue weighted by molar-refractivity contribution is 0.618. The zero-order chi connectivity index (χ0) is 14.7. The van der Waals surface area contributed by atoms with Gasteiger partial charge >= 0.3 is 0 Å². The van der Waals surface area contributed by atoms with Crippen molar-refractivity contribution in [1.82, 2.24) is 19.9 Å². The van der Waals surface area contributed by atoms with Crippen LogP contribution < -0.4 is 5.32 Å². The number of fused-ring (bicyclic) bond motifs is 1. The van der Waals surface area contributed by atoms with Gasteiger partial charge in [0.1, 0.15) is 11.6 Å². The van der Waals surface area contributed by atoms with Crippen LogP contribution in [0.2, 0.25) is 5.02 Å². The van der Waals surface area contributed by atoms with E-state index < -0.39 is 0 Å². The van der Waals surface area contributed by atoms with Gasteiger partial charge in [-0.2, -0.15) is 0 Å². The SMILES string of the molecule is Fc1cc(Cl)cc(CNCCc2nnc3ccccn23)c1. The highest BCUT2D eigenvalue weighted by Gasteiger charge is 2.04. The molecule has 3 rings (SSSR count). The van der Waals surface area contributed by atoms with E-state index in [1.165, 1.54) is 12.1 Å². The number of hydrogen-bond acceptors (Lipinski definition) is 3. The van der Waals surface area contributed by atoms with Crippen molar-refractivity contribution in [3.8, 4) is 0 Å². The first-order valence-corrected chi connectivity index (χ1v) is 7.04. The molecule has 1 aromatic carbocycles. The fourth-order valence-corrected chi connectivity index (χ4v) is 2.45. The summed E-state index contributed by atoms with van der Waals surface area (Å²) in [6.45, 7) is 1.29. The number of nitrogens with zero attached hydrogens (tertiary/aromatic N) is 3. The summed E-state index contributed by atoms with van der Waals surface area (Å²) in [4.78, 5) is 0. The first-order chi connectivity index (χ1) is 10.2. The minimum atomic E-state index is -0.317. The molecule has 6 heteroatoms. The summed E-state index contributed by atoms with van der Waals surface area (Å²) in [5.41, 5.74) is 1.66. The highest BCUT2D eigenvalue weighted by atomic mass is 35.5. The molecule has 21 heavy (non-hydrogen) atoms. The second-order valence-electron chi connectivity index (χ2n) is 4.75. The van der Waals surface area contributed by atoms with E-state index in [0.29, 0.717) is 11.6 Å². The molecule has 108 valence electrons. The molecule has 4 nitrogen and oxygen atoms in total. The van der Waals surface area contributed by atoms with Gasteiger partial charge < -0.3 is 5.32 Å². The summed E-state index contributed by atoms with van der Waals surface area (Å²) >= 11 is 5.82. The normalized spacial score (nSPS) is 11.1. The van der Waals surface area contributed by atoms with E-state index in [0.717, 1.165) is 30.0 Å². The molecule has 0 atom stereocenters. The van der Waals surface area contributed by atoms with E-state index in [-0.39, 0.29) is 5.82 Å². The molecule has 0 spiro atoms. The molecule has 3 aromatic rings. The maximum absolute atomic E-state index is 13.2. The van der Waals surface area contributed by atoms with Crippen LogP contribution in [0.3, 0.4) is 0 Å². The van der Waals surface area contributed by atoms with Crippen molar-refractivity contribution in [2.75, 3.05) is 6.54 Å². The third-order valence-corrected chi connectivity index (χ3v) is 3.38. The first-order valence-electron chi connectivity index (χ1n) is 6.67. The quantitative estimate of drug-likeness (QED) is 0.737. The van der Waals surface area contributed by atoms with Crippen molar-refractivity contribution >= 4 is 17.2 Å². The Morgan fingerprint density at radius 3 is 2.95 bits per heavy atom. The lowest BCUT2D eigenvalue weighted by atomic mass is 10.2. The zero-order valence-electron chi connectivity index (χ0n) is 11.3. The number of hydrogen-bond donors (Lipinski definition) is 1. The molecule has 0 amide bonds. The largest absolute Gasteiger partial charge is 0.312 e. The van der Waals surface area contributed by atoms with Crippen molar-refractivity contribution in [2.24, 2.45) is 0 Å². The molecular weight excluding hydrogens is 291 g/mol. The highest BCUT2D eigenvalue weighted by Crippen LogP contribution is 2.13. The van der Waals surface area contributed by atoms with Gasteiger partial charge in [0.15, 0.2) is 5.65 Å². The van der Waals surface area contributed by atoms with Crippen LogP contribution in [0.1, 0.15) is 11.4 Å². The summed E-state index contributed by atoms with van der Waals surface area (Å²) in [5.74, 6) is 0.582. The molecule has 1 N–H and O–H groups in total. The van der Waals surface area contributed by atoms with Crippen LogP contribution in [0.4, 0.5) is 4.39 Å². The summed E-state index contributed by atoms with van der Waals surface area (Å²) in [7, 11) is 0. The Labute approximate surface area is 126 Å². The van der Waals surface area contributed by atoms with Gasteiger partial charge in [0.2, 0.25) is 0 Å². The number of halogens is 2. The van der Waals surface area contributed by atoms with Gasteiger partial charge in [0.25, 0.3) is 0 Å². The van der Waals surface area contributed by atoms with Crippen molar-refractivity contribution in [3.05, 3.63) is 64.8 Å². The smallest absolute Gasteiger partial charge is 0.160 e. The molecule has 0 bridgehead atoms. The maximum Gasteiger partial charge on any atom is 0.160 e. The summed E-state index contributed by atoms with van der Waals surface area (Å²) in [6.07, 6.45) is 2.69. The molecule has 0 saturated carbocycles. The highest BCUT2D eigenvalue weighted by molar-refractivity contribution is 6.30. The Kier molecular flexibility index (Phi) is 4.13. The molecule has 0 fully saturated rings. The number of rotatable bonds is 5. The van der Waals surface area contributed by atoms with Gasteiger partial charge in [-0.05, 0) is 35.9 Å². The van der Waals surface area contributed by atoms with Crippen LogP contribution in [-0.4, -0.2) is 21.1 Å². The van der Waals surface area contributed by atoms with Crippen LogP contribution in [-0.2, 0) is 13.0 Å². The molecule has 0 radical (unpaired) electrons. The molecule has 0 aliphatic carbocycles. The minimum absolute atomic E-state index is 0.317. The zero-order valence-corrected chi connectivity index (χ0v) is 12.0. The summed E-state index contributed by atoms with van der Waals surface area (Å²) in [5, 5.41) is 11.9. The van der Waals surface area contributed by atoms with Crippen LogP contribution in [0.25, 0.3) is 5.65 Å². The van der Waals surface area contributed by atoms with E-state index in [9.17, 15) is 4.39 Å². The standard InChI is InChI=1S/C15H14ClFN4/c16-12-7-11(8-13(17)9-12)10-18-5-4-15-20-19-14-3-1-2-6-21(14)15/h1-3,6-9,18H,4-5,10H2. The average molecular weight is 305 g/mol. The fraction of sp³-hybridized carbons (Fsp3) is 0.200. The van der Waals surface area contributed by atoms with Crippen LogP contribution in [0.15, 0.2) is 42.6 Å². The first kappa shape index (κ1) is 14.0. The average Bonchev–Trinajstić information content (AvgIpc) is 2.86. The Balaban J connectivity index is 1.56. The monoisotopic (exact) mass is 304 g/mol. The number of aromatic nitrogens is 3. The van der Waals surface area contributed by atoms with Gasteiger partial charge in [-0.15, -0.1) is 10.2 Å². The molecule has 2 aromatic heterocycles. The van der Waals surface area contributed by atoms with Gasteiger partial charge in [-0.25, -0.2) is 4.39 Å². The molecule has 0 unspecified atom stereocenters. The van der Waals surface area contributed by atoms with Crippen LogP contribution in [0, 0.1) is 5.82 Å². The van der Waals surface area contributed by atoms with Gasteiger partial charge in [0.05, 0.1) is 0 Å². The van der Waals surface area contributed by atoms with Gasteiger partial charge in [0, 0.05) is 30.7 Å². The fourth-order valence-electron chi connectivity index (χ4n) is 2.21. The lowest BCUT2D eigenvalue weighted by Gasteiger charge is -2.05. The Morgan fingerprint density at radius 1 is 1.19 bits per heavy atom. The van der Waals surface area contributed by atoms with Gasteiger partial charge in [-0.1, -0.05) is 17.7 Å². The minimum Gasteiger partial charge on any atom is -0.312 e. The number of benzene rings is 1. The van der Waals surface area contributed by atoms with Crippen molar-refractivity contribution < 1.29 is 4.39 Å². The van der Waals surface area contributed by atoms with Gasteiger partial charge in [-0.3, -0.25) is 4.40 Å². The third-order valence-electron chi connectivity index (χ3n) is 3.16. The summed E-state index contributed by atoms with van der Waals surface area (Å²) in [6, 6.07) is 10.3. The predicted molar refractivity (Wildman–Crippen MR) is 79.8 cm³/mol. The number of pyridine rings is 1. The van der Waals surface area contributed by atoms with Crippen LogP contribution >= 0.6 is 11.6 Å². The summed E-state index contributed by atoms with van der Waals surface area (Å²) < 4.78 is 15.2. The second kappa shape index (κ2) is 6.20. The topological polar surface area (TPSA) is 42.2 Å². The molecular formula is C15H14ClFN4. The molecule has 0 aliphatic heterocycles. The molecule has 0 aliphatic rings. The Morgan fingerprint density at radius 2 is 2.10 bits per heavy atom. The van der Waals surface area contributed by atoms with E-state index >= 15 is 0 Å². The Hall–Kier alpha value is -1.98. The third kappa shape index (κ3) is 3.37. The van der Waals surface area contributed by atoms with Crippen molar-refractivity contribution in [3.63, 3.8) is 0 Å². The number of nitrogens with one attached hydrogen (secondary N) is 1. The van der Waals surface area contributed by atoms with Crippen molar-refractivity contribution in [1.29, 1.82) is 0 Å². The van der Waals surface area contributed by atoms with E-state index in [2.05, 4.69) is 15.5 Å². The Bertz CT molecular complexity index is 736. The molecule has 2 heterocycles. The van der Waals surface area contributed by atoms with E-state index in [1.54, 1.807) is 6.07 Å². The predicted octanol–water partition coefficient (Wildman–Crippen LogP) is 2.85. The molecule has 0 saturated heterocycles. The second-order valence-corrected chi connectivity index (χ2v) is 5.19. The van der Waals surface area contributed by atoms with E-state index in [1.807, 2.05) is 28.8 Å².